The number of sulfonamides is 1. The number of furan rings is 1. The van der Waals surface area contributed by atoms with Gasteiger partial charge in [-0.1, -0.05) is 37.1 Å². The Morgan fingerprint density at radius 3 is 2.61 bits per heavy atom. The van der Waals surface area contributed by atoms with Crippen molar-refractivity contribution in [3.05, 3.63) is 60.9 Å². The lowest BCUT2D eigenvalue weighted by molar-refractivity contribution is -0.141. The number of carbonyl (C=O) groups excluding carboxylic acids is 4. The van der Waals surface area contributed by atoms with Gasteiger partial charge in [0, 0.05) is 23.8 Å². The third-order valence-corrected chi connectivity index (χ3v) is 12.7. The summed E-state index contributed by atoms with van der Waals surface area (Å²) in [6.45, 7) is 5.13. The van der Waals surface area contributed by atoms with E-state index < -0.39 is 74.3 Å². The van der Waals surface area contributed by atoms with Crippen LogP contribution in [0.3, 0.4) is 0 Å². The van der Waals surface area contributed by atoms with E-state index >= 15 is 0 Å². The normalized spacial score (nSPS) is 26.4. The largest absolute Gasteiger partial charge is 0.472 e. The molecule has 0 radical (unpaired) electrons. The van der Waals surface area contributed by atoms with Gasteiger partial charge in [-0.2, -0.15) is 9.61 Å². The fourth-order valence-electron chi connectivity index (χ4n) is 7.71. The summed E-state index contributed by atoms with van der Waals surface area (Å²) in [7, 11) is -3.91. The average Bonchev–Trinajstić information content (AvgIpc) is 3.94. The van der Waals surface area contributed by atoms with E-state index in [1.807, 2.05) is 36.4 Å². The molecule has 2 saturated carbocycles. The smallest absolute Gasteiger partial charge is 0.408 e. The van der Waals surface area contributed by atoms with Crippen molar-refractivity contribution < 1.29 is 41.5 Å². The Morgan fingerprint density at radius 1 is 1.05 bits per heavy atom. The lowest BCUT2D eigenvalue weighted by atomic mass is 10.0. The number of nitrogens with zero attached hydrogens (tertiary/aromatic N) is 4. The molecule has 8 rings (SSSR count). The predicted octanol–water partition coefficient (Wildman–Crippen LogP) is 4.39. The van der Waals surface area contributed by atoms with Crippen LogP contribution in [0.1, 0.15) is 78.6 Å². The van der Waals surface area contributed by atoms with Gasteiger partial charge in [-0.25, -0.2) is 18.2 Å². The molecule has 4 amide bonds. The second-order valence-electron chi connectivity index (χ2n) is 16.4. The number of carbonyl (C=O) groups is 4. The number of ether oxygens (including phenoxy) is 2. The molecule has 16 nitrogen and oxygen atoms in total. The molecule has 3 N–H and O–H groups in total. The molecular formula is C40H47N7O9S. The molecule has 0 bridgehead atoms. The summed E-state index contributed by atoms with van der Waals surface area (Å²) < 4.78 is 47.4. The van der Waals surface area contributed by atoms with Crippen LogP contribution in [-0.2, 0) is 29.1 Å². The molecule has 0 spiro atoms. The second kappa shape index (κ2) is 14.8. The zero-order valence-electron chi connectivity index (χ0n) is 32.1. The molecule has 5 heterocycles. The van der Waals surface area contributed by atoms with Crippen LogP contribution in [-0.4, -0.2) is 92.9 Å². The summed E-state index contributed by atoms with van der Waals surface area (Å²) in [4.78, 5) is 62.2. The van der Waals surface area contributed by atoms with E-state index in [0.29, 0.717) is 60.6 Å². The Morgan fingerprint density at radius 2 is 1.86 bits per heavy atom. The maximum atomic E-state index is 14.6. The highest BCUT2D eigenvalue weighted by Gasteiger charge is 2.62. The summed E-state index contributed by atoms with van der Waals surface area (Å²) in [5.74, 6) is -1.61. The Balaban J connectivity index is 1.14. The molecule has 1 saturated heterocycles. The summed E-state index contributed by atoms with van der Waals surface area (Å²) in [5, 5.41) is 10.5. The quantitative estimate of drug-likeness (QED) is 0.224. The Labute approximate surface area is 329 Å². The first kappa shape index (κ1) is 38.4. The zero-order chi connectivity index (χ0) is 40.1. The molecule has 1 aromatic carbocycles. The van der Waals surface area contributed by atoms with Crippen molar-refractivity contribution in [1.29, 1.82) is 0 Å². The van der Waals surface area contributed by atoms with Gasteiger partial charge in [-0.15, -0.1) is 0 Å². The van der Waals surface area contributed by atoms with Gasteiger partial charge in [0.25, 0.3) is 5.91 Å². The standard InChI is InChI=1S/C40H47N7O9S/c1-39(2,3)56-38(51)42-29-15-8-6-4-5-7-12-24-22-40(24,37(50)45-57(52,53)26-17-18-26)43-35(48)31-20-25(23-46(31)36(29)49)55-33-21-30(32-16-11-19-54-32)41-34-27-13-9-10-14-28(27)44-47(33)34/h7,9-14,16,19,21,24-26,29,31H,4-6,8,15,17-18,20,22-23H2,1-3H3,(H,42,51)(H,43,48)(H,45,50)/b12-7-/t24-,25+,29-,31-,40+/m0/s1. The summed E-state index contributed by atoms with van der Waals surface area (Å²) in [6.07, 6.45) is 8.07. The third-order valence-electron chi connectivity index (χ3n) is 10.8. The number of nitrogens with one attached hydrogen (secondary N) is 3. The summed E-state index contributed by atoms with van der Waals surface area (Å²) >= 11 is 0. The molecule has 0 unspecified atom stereocenters. The maximum absolute atomic E-state index is 14.6. The van der Waals surface area contributed by atoms with Crippen LogP contribution in [0.15, 0.2) is 65.3 Å². The third kappa shape index (κ3) is 8.06. The van der Waals surface area contributed by atoms with Crippen LogP contribution in [0.25, 0.3) is 28.0 Å². The van der Waals surface area contributed by atoms with Gasteiger partial charge in [0.2, 0.25) is 27.7 Å². The van der Waals surface area contributed by atoms with Gasteiger partial charge >= 0.3 is 6.09 Å². The van der Waals surface area contributed by atoms with Crippen LogP contribution in [0.4, 0.5) is 4.79 Å². The van der Waals surface area contributed by atoms with Gasteiger partial charge in [-0.05, 0) is 83.6 Å². The van der Waals surface area contributed by atoms with E-state index in [0.717, 1.165) is 18.2 Å². The van der Waals surface area contributed by atoms with E-state index in [1.165, 1.54) is 4.90 Å². The lowest BCUT2D eigenvalue weighted by Gasteiger charge is -2.30. The van der Waals surface area contributed by atoms with Crippen molar-refractivity contribution in [1.82, 2.24) is 34.9 Å². The molecular weight excluding hydrogens is 755 g/mol. The van der Waals surface area contributed by atoms with Gasteiger partial charge in [0.05, 0.1) is 23.6 Å². The molecule has 302 valence electrons. The van der Waals surface area contributed by atoms with Crippen LogP contribution < -0.4 is 20.1 Å². The fourth-order valence-corrected chi connectivity index (χ4v) is 9.07. The van der Waals surface area contributed by atoms with Crippen molar-refractivity contribution in [3.8, 4) is 17.3 Å². The van der Waals surface area contributed by atoms with Crippen molar-refractivity contribution in [2.24, 2.45) is 5.92 Å². The average molecular weight is 802 g/mol. The SMILES string of the molecule is CC(C)(C)OC(=O)N[C@H]1CCCCC/C=C\[C@H]2C[C@@]2(C(=O)NS(=O)(=O)C2CC2)NC(=O)[C@@H]2C[C@@H](Oc3cc(-c4ccco4)nc4c5ccccc5nn34)CN2C1=O. The molecule has 4 aromatic rings. The highest BCUT2D eigenvalue weighted by atomic mass is 32.2. The molecule has 4 aliphatic rings. The Hall–Kier alpha value is -5.45. The number of aromatic nitrogens is 3. The van der Waals surface area contributed by atoms with E-state index in [2.05, 4.69) is 15.4 Å². The highest BCUT2D eigenvalue weighted by molar-refractivity contribution is 7.91. The van der Waals surface area contributed by atoms with E-state index in [-0.39, 0.29) is 19.4 Å². The van der Waals surface area contributed by atoms with Crippen molar-refractivity contribution in [2.45, 2.75) is 113 Å². The van der Waals surface area contributed by atoms with E-state index in [1.54, 1.807) is 49.7 Å². The van der Waals surface area contributed by atoms with Gasteiger partial charge in [0.1, 0.15) is 35.0 Å². The number of amides is 4. The summed E-state index contributed by atoms with van der Waals surface area (Å²) in [6, 6.07) is 10.5. The first-order chi connectivity index (χ1) is 27.2. The fraction of sp³-hybridized carbons (Fsp3) is 0.500. The molecule has 2 aliphatic carbocycles. The number of fused-ring (bicyclic) bond motifs is 5. The first-order valence-electron chi connectivity index (χ1n) is 19.5. The van der Waals surface area contributed by atoms with E-state index in [4.69, 9.17) is 24.0 Å². The predicted molar refractivity (Wildman–Crippen MR) is 207 cm³/mol. The number of alkyl carbamates (subject to hydrolysis) is 1. The molecule has 5 atom stereocenters. The monoisotopic (exact) mass is 801 g/mol. The molecule has 17 heteroatoms. The molecule has 3 fully saturated rings. The van der Waals surface area contributed by atoms with Crippen LogP contribution in [0, 0.1) is 5.92 Å². The number of hydrogen-bond acceptors (Lipinski definition) is 11. The minimum Gasteiger partial charge on any atom is -0.472 e. The van der Waals surface area contributed by atoms with E-state index in [9.17, 15) is 27.6 Å². The minimum absolute atomic E-state index is 0.00992. The Bertz CT molecular complexity index is 2350. The van der Waals surface area contributed by atoms with Crippen LogP contribution in [0.2, 0.25) is 0 Å². The summed E-state index contributed by atoms with van der Waals surface area (Å²) in [5.41, 5.74) is -0.671. The number of benzene rings is 1. The number of hydrogen-bond donors (Lipinski definition) is 3. The minimum atomic E-state index is -3.91. The van der Waals surface area contributed by atoms with Gasteiger partial charge in [-0.3, -0.25) is 19.1 Å². The second-order valence-corrected chi connectivity index (χ2v) is 18.4. The first-order valence-corrected chi connectivity index (χ1v) is 21.1. The van der Waals surface area contributed by atoms with Crippen LogP contribution >= 0.6 is 0 Å². The molecule has 57 heavy (non-hydrogen) atoms. The number of allylic oxidation sites excluding steroid dienone is 1. The highest BCUT2D eigenvalue weighted by Crippen LogP contribution is 2.46. The van der Waals surface area contributed by atoms with Crippen LogP contribution in [0.5, 0.6) is 5.88 Å². The van der Waals surface area contributed by atoms with Crippen molar-refractivity contribution >= 4 is 50.4 Å². The lowest BCUT2D eigenvalue weighted by Crippen LogP contribution is -2.58. The van der Waals surface area contributed by atoms with Gasteiger partial charge in [0.15, 0.2) is 11.4 Å². The molecule has 2 aliphatic heterocycles. The maximum Gasteiger partial charge on any atom is 0.408 e. The van der Waals surface area contributed by atoms with Crippen molar-refractivity contribution in [3.63, 3.8) is 0 Å². The Kier molecular flexibility index (Phi) is 9.98. The zero-order valence-corrected chi connectivity index (χ0v) is 32.9. The molecule has 3 aromatic heterocycles. The topological polar surface area (TPSA) is 204 Å². The van der Waals surface area contributed by atoms with Crippen molar-refractivity contribution in [2.75, 3.05) is 6.54 Å². The van der Waals surface area contributed by atoms with Gasteiger partial charge < -0.3 is 29.4 Å². The number of rotatable bonds is 7.